The van der Waals surface area contributed by atoms with Crippen molar-refractivity contribution >= 4 is 28.6 Å². The molecule has 2 aliphatic heterocycles. The Hall–Kier alpha value is -2.86. The zero-order valence-electron chi connectivity index (χ0n) is 12.8. The summed E-state index contributed by atoms with van der Waals surface area (Å²) in [5.41, 5.74) is 8.89. The number of carbonyl (C=O) groups excluding carboxylic acids is 2. The standard InChI is InChI=1S/C18H15N3O3/c19-11-3-1-2-9-13(11)16(22)10-4-5-12-15(14(10)17(9)23)21-18(20-12)6-7-24-8-18/h1-5,20-21H,6-8,19H2. The molecule has 2 aromatic rings. The predicted molar refractivity (Wildman–Crippen MR) is 89.6 cm³/mol. The van der Waals surface area contributed by atoms with Crippen molar-refractivity contribution in [3.05, 3.63) is 52.6 Å². The molecule has 0 aromatic heterocycles. The van der Waals surface area contributed by atoms with E-state index in [1.807, 2.05) is 6.07 Å². The first-order chi connectivity index (χ1) is 11.6. The Kier molecular flexibility index (Phi) is 2.46. The number of rotatable bonds is 0. The van der Waals surface area contributed by atoms with Crippen molar-refractivity contribution in [2.75, 3.05) is 29.6 Å². The number of benzene rings is 2. The average Bonchev–Trinajstić information content (AvgIpc) is 3.18. The second-order valence-corrected chi connectivity index (χ2v) is 6.47. The molecular weight excluding hydrogens is 306 g/mol. The quantitative estimate of drug-likeness (QED) is 0.548. The molecule has 3 aliphatic rings. The minimum Gasteiger partial charge on any atom is -0.398 e. The van der Waals surface area contributed by atoms with E-state index in [4.69, 9.17) is 10.5 Å². The molecule has 1 aliphatic carbocycles. The summed E-state index contributed by atoms with van der Waals surface area (Å²) < 4.78 is 5.48. The third kappa shape index (κ3) is 1.58. The van der Waals surface area contributed by atoms with Gasteiger partial charge in [0, 0.05) is 23.2 Å². The van der Waals surface area contributed by atoms with Gasteiger partial charge < -0.3 is 21.1 Å². The summed E-state index contributed by atoms with van der Waals surface area (Å²) in [4.78, 5) is 25.9. The third-order valence-corrected chi connectivity index (χ3v) is 5.01. The van der Waals surface area contributed by atoms with Crippen LogP contribution in [0.2, 0.25) is 0 Å². The van der Waals surface area contributed by atoms with Crippen molar-refractivity contribution in [2.45, 2.75) is 12.1 Å². The number of hydrogen-bond donors (Lipinski definition) is 3. The highest BCUT2D eigenvalue weighted by Gasteiger charge is 2.44. The SMILES string of the molecule is Nc1cccc2c1C(=O)c1ccc3c(c1C2=O)NC1(CCOC1)N3. The highest BCUT2D eigenvalue weighted by Crippen LogP contribution is 2.44. The number of fused-ring (bicyclic) bond motifs is 4. The number of hydrogen-bond acceptors (Lipinski definition) is 6. The molecule has 1 saturated heterocycles. The molecular formula is C18H15N3O3. The van der Waals surface area contributed by atoms with Gasteiger partial charge in [0.2, 0.25) is 0 Å². The second-order valence-electron chi connectivity index (χ2n) is 6.47. The van der Waals surface area contributed by atoms with E-state index < -0.39 is 5.66 Å². The van der Waals surface area contributed by atoms with Gasteiger partial charge in [0.05, 0.1) is 35.7 Å². The highest BCUT2D eigenvalue weighted by molar-refractivity contribution is 6.32. The van der Waals surface area contributed by atoms with Gasteiger partial charge in [0.15, 0.2) is 11.6 Å². The van der Waals surface area contributed by atoms with Crippen molar-refractivity contribution in [1.82, 2.24) is 0 Å². The number of ketones is 2. The van der Waals surface area contributed by atoms with E-state index in [1.54, 1.807) is 24.3 Å². The fourth-order valence-electron chi connectivity index (χ4n) is 3.83. The zero-order chi connectivity index (χ0) is 16.5. The van der Waals surface area contributed by atoms with Gasteiger partial charge >= 0.3 is 0 Å². The first kappa shape index (κ1) is 13.6. The van der Waals surface area contributed by atoms with E-state index in [1.165, 1.54) is 0 Å². The Morgan fingerprint density at radius 1 is 1.00 bits per heavy atom. The molecule has 24 heavy (non-hydrogen) atoms. The van der Waals surface area contributed by atoms with Crippen LogP contribution in [0.3, 0.4) is 0 Å². The molecule has 1 spiro atoms. The van der Waals surface area contributed by atoms with Crippen LogP contribution in [-0.2, 0) is 4.74 Å². The molecule has 2 heterocycles. The Morgan fingerprint density at radius 2 is 1.79 bits per heavy atom. The van der Waals surface area contributed by atoms with Gasteiger partial charge in [0.1, 0.15) is 5.66 Å². The molecule has 120 valence electrons. The van der Waals surface area contributed by atoms with E-state index in [9.17, 15) is 9.59 Å². The maximum Gasteiger partial charge on any atom is 0.196 e. The Balaban J connectivity index is 1.72. The number of ether oxygens (including phenoxy) is 1. The fourth-order valence-corrected chi connectivity index (χ4v) is 3.83. The van der Waals surface area contributed by atoms with Gasteiger partial charge in [-0.2, -0.15) is 0 Å². The smallest absolute Gasteiger partial charge is 0.196 e. The summed E-state index contributed by atoms with van der Waals surface area (Å²) in [7, 11) is 0. The predicted octanol–water partition coefficient (Wildman–Crippen LogP) is 2.00. The van der Waals surface area contributed by atoms with Crippen LogP contribution < -0.4 is 16.4 Å². The fraction of sp³-hybridized carbons (Fsp3) is 0.222. The van der Waals surface area contributed by atoms with E-state index in [0.717, 1.165) is 12.1 Å². The Bertz CT molecular complexity index is 929. The number of nitrogens with two attached hydrogens (primary N) is 1. The summed E-state index contributed by atoms with van der Waals surface area (Å²) in [6, 6.07) is 8.54. The van der Waals surface area contributed by atoms with Crippen LogP contribution in [0.15, 0.2) is 30.3 Å². The molecule has 6 nitrogen and oxygen atoms in total. The number of nitrogen functional groups attached to an aromatic ring is 1. The van der Waals surface area contributed by atoms with Crippen LogP contribution >= 0.6 is 0 Å². The largest absolute Gasteiger partial charge is 0.398 e. The number of anilines is 3. The van der Waals surface area contributed by atoms with Crippen LogP contribution in [0.4, 0.5) is 17.1 Å². The molecule has 0 radical (unpaired) electrons. The molecule has 0 bridgehead atoms. The van der Waals surface area contributed by atoms with Crippen LogP contribution in [0.25, 0.3) is 0 Å². The first-order valence-electron chi connectivity index (χ1n) is 7.89. The molecule has 2 aromatic carbocycles. The van der Waals surface area contributed by atoms with Gasteiger partial charge in [-0.15, -0.1) is 0 Å². The number of nitrogens with one attached hydrogen (secondary N) is 2. The summed E-state index contributed by atoms with van der Waals surface area (Å²) in [5.74, 6) is -0.375. The van der Waals surface area contributed by atoms with Crippen LogP contribution in [0, 0.1) is 0 Å². The third-order valence-electron chi connectivity index (χ3n) is 5.01. The van der Waals surface area contributed by atoms with Crippen LogP contribution in [0.5, 0.6) is 0 Å². The molecule has 0 saturated carbocycles. The second kappa shape index (κ2) is 4.36. The number of carbonyl (C=O) groups is 2. The average molecular weight is 321 g/mol. The van der Waals surface area contributed by atoms with Crippen molar-refractivity contribution in [3.63, 3.8) is 0 Å². The molecule has 6 heteroatoms. The lowest BCUT2D eigenvalue weighted by Gasteiger charge is -2.24. The molecule has 1 unspecified atom stereocenters. The summed E-state index contributed by atoms with van der Waals surface area (Å²) in [6.07, 6.45) is 0.794. The molecule has 0 amide bonds. The monoisotopic (exact) mass is 321 g/mol. The van der Waals surface area contributed by atoms with Crippen molar-refractivity contribution in [3.8, 4) is 0 Å². The molecule has 1 fully saturated rings. The molecule has 4 N–H and O–H groups in total. The summed E-state index contributed by atoms with van der Waals surface area (Å²) in [5, 5.41) is 6.80. The van der Waals surface area contributed by atoms with E-state index in [0.29, 0.717) is 46.8 Å². The molecule has 5 rings (SSSR count). The Morgan fingerprint density at radius 3 is 2.58 bits per heavy atom. The highest BCUT2D eigenvalue weighted by atomic mass is 16.5. The van der Waals surface area contributed by atoms with E-state index >= 15 is 0 Å². The lowest BCUT2D eigenvalue weighted by Crippen LogP contribution is -2.42. The van der Waals surface area contributed by atoms with E-state index in [-0.39, 0.29) is 11.6 Å². The summed E-state index contributed by atoms with van der Waals surface area (Å²) >= 11 is 0. The van der Waals surface area contributed by atoms with Crippen LogP contribution in [0.1, 0.15) is 38.3 Å². The molecule has 1 atom stereocenters. The zero-order valence-corrected chi connectivity index (χ0v) is 12.8. The first-order valence-corrected chi connectivity index (χ1v) is 7.89. The summed E-state index contributed by atoms with van der Waals surface area (Å²) in [6.45, 7) is 1.17. The lowest BCUT2D eigenvalue weighted by atomic mass is 9.82. The van der Waals surface area contributed by atoms with Gasteiger partial charge in [-0.1, -0.05) is 12.1 Å². The Labute approximate surface area is 138 Å². The van der Waals surface area contributed by atoms with Crippen molar-refractivity contribution < 1.29 is 14.3 Å². The normalized spacial score (nSPS) is 23.5. The van der Waals surface area contributed by atoms with Gasteiger partial charge in [-0.25, -0.2) is 0 Å². The van der Waals surface area contributed by atoms with Gasteiger partial charge in [0.25, 0.3) is 0 Å². The maximum atomic E-state index is 13.1. The van der Waals surface area contributed by atoms with Crippen LogP contribution in [-0.4, -0.2) is 30.4 Å². The minimum absolute atomic E-state index is 0.172. The van der Waals surface area contributed by atoms with Gasteiger partial charge in [-0.3, -0.25) is 9.59 Å². The maximum absolute atomic E-state index is 13.1. The lowest BCUT2D eigenvalue weighted by molar-refractivity contribution is 0.0980. The van der Waals surface area contributed by atoms with Crippen molar-refractivity contribution in [1.29, 1.82) is 0 Å². The van der Waals surface area contributed by atoms with Crippen molar-refractivity contribution in [2.24, 2.45) is 0 Å². The van der Waals surface area contributed by atoms with E-state index in [2.05, 4.69) is 10.6 Å². The minimum atomic E-state index is -0.392. The van der Waals surface area contributed by atoms with Gasteiger partial charge in [-0.05, 0) is 18.2 Å². The topological polar surface area (TPSA) is 93.5 Å².